The second-order valence-electron chi connectivity index (χ2n) is 7.46. The molecule has 1 unspecified atom stereocenters. The number of hydrogen-bond donors (Lipinski definition) is 0. The van der Waals surface area contributed by atoms with Crippen LogP contribution in [0.5, 0.6) is 0 Å². The Morgan fingerprint density at radius 1 is 1.21 bits per heavy atom. The zero-order chi connectivity index (χ0) is 20.1. The topological polar surface area (TPSA) is 71.3 Å². The molecule has 2 heterocycles. The lowest BCUT2D eigenvalue weighted by Gasteiger charge is -2.35. The quantitative estimate of drug-likeness (QED) is 0.769. The first-order chi connectivity index (χ1) is 13.5. The maximum absolute atomic E-state index is 13.0. The van der Waals surface area contributed by atoms with Gasteiger partial charge in [0.25, 0.3) is 0 Å². The van der Waals surface area contributed by atoms with Crippen LogP contribution in [0.1, 0.15) is 51.1 Å². The summed E-state index contributed by atoms with van der Waals surface area (Å²) in [5.74, 6) is 0.366. The predicted octanol–water partition coefficient (Wildman–Crippen LogP) is 2.83. The van der Waals surface area contributed by atoms with Crippen LogP contribution in [0.4, 0.5) is 0 Å². The Kier molecular flexibility index (Phi) is 6.44. The van der Waals surface area contributed by atoms with E-state index < -0.39 is 0 Å². The highest BCUT2D eigenvalue weighted by atomic mass is 16.2. The molecule has 1 aromatic carbocycles. The van der Waals surface area contributed by atoms with Crippen LogP contribution in [0.3, 0.4) is 0 Å². The van der Waals surface area contributed by atoms with Crippen LogP contribution in [-0.4, -0.2) is 56.5 Å². The van der Waals surface area contributed by atoms with Crippen molar-refractivity contribution in [1.29, 1.82) is 0 Å². The van der Waals surface area contributed by atoms with Gasteiger partial charge in [0, 0.05) is 32.5 Å². The van der Waals surface area contributed by atoms with Crippen molar-refractivity contribution in [3.8, 4) is 5.69 Å². The number of carbonyl (C=O) groups excluding carboxylic acids is 2. The van der Waals surface area contributed by atoms with Gasteiger partial charge in [-0.15, -0.1) is 0 Å². The average Bonchev–Trinajstić information content (AvgIpc) is 3.27. The van der Waals surface area contributed by atoms with Crippen molar-refractivity contribution in [3.05, 3.63) is 42.5 Å². The normalized spacial score (nSPS) is 16.0. The summed E-state index contributed by atoms with van der Waals surface area (Å²) in [7, 11) is 1.87. The molecule has 1 fully saturated rings. The molecule has 1 aromatic heterocycles. The van der Waals surface area contributed by atoms with Crippen molar-refractivity contribution >= 4 is 11.8 Å². The maximum Gasteiger partial charge on any atom is 0.226 e. The van der Waals surface area contributed by atoms with Crippen LogP contribution >= 0.6 is 0 Å². The average molecular weight is 383 g/mol. The van der Waals surface area contributed by atoms with Crippen molar-refractivity contribution in [1.82, 2.24) is 24.6 Å². The molecule has 1 atom stereocenters. The molecule has 150 valence electrons. The van der Waals surface area contributed by atoms with Gasteiger partial charge in [0.2, 0.25) is 11.8 Å². The Bertz CT molecular complexity index is 780. The first-order valence-electron chi connectivity index (χ1n) is 10.0. The summed E-state index contributed by atoms with van der Waals surface area (Å²) in [5, 5.41) is 4.13. The van der Waals surface area contributed by atoms with Gasteiger partial charge < -0.3 is 9.80 Å². The summed E-state index contributed by atoms with van der Waals surface area (Å²) in [6, 6.07) is 8.00. The zero-order valence-corrected chi connectivity index (χ0v) is 16.9. The third kappa shape index (κ3) is 4.40. The van der Waals surface area contributed by atoms with Crippen molar-refractivity contribution in [3.63, 3.8) is 0 Å². The molecule has 0 bridgehead atoms. The van der Waals surface area contributed by atoms with Crippen LogP contribution in [0, 0.1) is 5.92 Å². The second kappa shape index (κ2) is 8.99. The third-order valence-electron chi connectivity index (χ3n) is 5.65. The van der Waals surface area contributed by atoms with E-state index in [-0.39, 0.29) is 23.8 Å². The smallest absolute Gasteiger partial charge is 0.226 e. The molecule has 1 aliphatic heterocycles. The predicted molar refractivity (Wildman–Crippen MR) is 107 cm³/mol. The van der Waals surface area contributed by atoms with Gasteiger partial charge in [0.1, 0.15) is 12.7 Å². The van der Waals surface area contributed by atoms with Gasteiger partial charge in [-0.2, -0.15) is 5.10 Å². The van der Waals surface area contributed by atoms with Gasteiger partial charge in [-0.05, 0) is 43.9 Å². The molecule has 0 spiro atoms. The summed E-state index contributed by atoms with van der Waals surface area (Å²) in [6.07, 6.45) is 6.12. The van der Waals surface area contributed by atoms with Gasteiger partial charge in [0.15, 0.2) is 0 Å². The number of aromatic nitrogens is 3. The Hall–Kier alpha value is -2.70. The molecule has 7 nitrogen and oxygen atoms in total. The lowest BCUT2D eigenvalue weighted by atomic mass is 9.94. The number of rotatable bonds is 6. The molecule has 2 amide bonds. The van der Waals surface area contributed by atoms with Crippen LogP contribution in [0.2, 0.25) is 0 Å². The minimum absolute atomic E-state index is 0.00690. The summed E-state index contributed by atoms with van der Waals surface area (Å²) in [6.45, 7) is 5.43. The van der Waals surface area contributed by atoms with E-state index in [4.69, 9.17) is 0 Å². The van der Waals surface area contributed by atoms with Gasteiger partial charge in [-0.1, -0.05) is 19.1 Å². The van der Waals surface area contributed by atoms with E-state index >= 15 is 0 Å². The lowest BCUT2D eigenvalue weighted by Crippen LogP contribution is -2.43. The monoisotopic (exact) mass is 383 g/mol. The molecule has 0 radical (unpaired) electrons. The largest absolute Gasteiger partial charge is 0.343 e. The summed E-state index contributed by atoms with van der Waals surface area (Å²) < 4.78 is 1.71. The maximum atomic E-state index is 13.0. The number of carbonyl (C=O) groups is 2. The summed E-state index contributed by atoms with van der Waals surface area (Å²) in [5.41, 5.74) is 2.02. The number of hydrogen-bond acceptors (Lipinski definition) is 4. The second-order valence-corrected chi connectivity index (χ2v) is 7.46. The van der Waals surface area contributed by atoms with E-state index in [0.29, 0.717) is 19.5 Å². The van der Waals surface area contributed by atoms with Gasteiger partial charge in [0.05, 0.1) is 11.7 Å². The number of piperidine rings is 1. The molecule has 3 rings (SSSR count). The van der Waals surface area contributed by atoms with E-state index in [1.165, 1.54) is 6.33 Å². The zero-order valence-electron chi connectivity index (χ0n) is 16.9. The van der Waals surface area contributed by atoms with Crippen molar-refractivity contribution < 1.29 is 9.59 Å². The van der Waals surface area contributed by atoms with Crippen LogP contribution in [0.25, 0.3) is 5.69 Å². The molecular weight excluding hydrogens is 354 g/mol. The van der Waals surface area contributed by atoms with E-state index in [1.807, 2.05) is 55.0 Å². The highest BCUT2D eigenvalue weighted by molar-refractivity contribution is 5.80. The number of nitrogens with zero attached hydrogens (tertiary/aromatic N) is 5. The molecule has 7 heteroatoms. The highest BCUT2D eigenvalue weighted by Crippen LogP contribution is 2.26. The molecule has 0 aliphatic carbocycles. The van der Waals surface area contributed by atoms with Crippen LogP contribution in [-0.2, 0) is 9.59 Å². The standard InChI is InChI=1S/C21H29N5O2/c1-4-5-20(27)25-12-10-18(11-13-25)21(28)24(3)16(2)17-6-8-19(9-7-17)26-15-22-14-23-26/h6-9,14-16,18H,4-5,10-13H2,1-3H3. The fraction of sp³-hybridized carbons (Fsp3) is 0.524. The number of amides is 2. The van der Waals surface area contributed by atoms with E-state index in [0.717, 1.165) is 30.5 Å². The third-order valence-corrected chi connectivity index (χ3v) is 5.65. The first kappa shape index (κ1) is 20.0. The molecule has 0 N–H and O–H groups in total. The summed E-state index contributed by atoms with van der Waals surface area (Å²) >= 11 is 0. The Labute approximate surface area is 166 Å². The Balaban J connectivity index is 1.58. The van der Waals surface area contributed by atoms with Gasteiger partial charge >= 0.3 is 0 Å². The molecule has 0 saturated carbocycles. The van der Waals surface area contributed by atoms with Crippen LogP contribution in [0.15, 0.2) is 36.9 Å². The lowest BCUT2D eigenvalue weighted by molar-refractivity contribution is -0.141. The fourth-order valence-corrected chi connectivity index (χ4v) is 3.70. The van der Waals surface area contributed by atoms with Crippen molar-refractivity contribution in [2.24, 2.45) is 5.92 Å². The van der Waals surface area contributed by atoms with E-state index in [9.17, 15) is 9.59 Å². The molecular formula is C21H29N5O2. The van der Waals surface area contributed by atoms with E-state index in [1.54, 1.807) is 11.0 Å². The van der Waals surface area contributed by atoms with Gasteiger partial charge in [-0.25, -0.2) is 9.67 Å². The van der Waals surface area contributed by atoms with E-state index in [2.05, 4.69) is 10.1 Å². The van der Waals surface area contributed by atoms with Crippen molar-refractivity contribution in [2.45, 2.75) is 45.6 Å². The van der Waals surface area contributed by atoms with Crippen molar-refractivity contribution in [2.75, 3.05) is 20.1 Å². The first-order valence-corrected chi connectivity index (χ1v) is 10.0. The number of benzene rings is 1. The summed E-state index contributed by atoms with van der Waals surface area (Å²) in [4.78, 5) is 32.7. The minimum Gasteiger partial charge on any atom is -0.343 e. The molecule has 2 aromatic rings. The van der Waals surface area contributed by atoms with Gasteiger partial charge in [-0.3, -0.25) is 9.59 Å². The number of likely N-dealkylation sites (tertiary alicyclic amines) is 1. The molecule has 1 aliphatic rings. The molecule has 1 saturated heterocycles. The highest BCUT2D eigenvalue weighted by Gasteiger charge is 2.30. The fourth-order valence-electron chi connectivity index (χ4n) is 3.70. The Morgan fingerprint density at radius 2 is 1.89 bits per heavy atom. The minimum atomic E-state index is -0.0166. The SMILES string of the molecule is CCCC(=O)N1CCC(C(=O)N(C)C(C)c2ccc(-n3cncn3)cc2)CC1. The Morgan fingerprint density at radius 3 is 2.46 bits per heavy atom. The van der Waals surface area contributed by atoms with Crippen LogP contribution < -0.4 is 0 Å². The molecule has 28 heavy (non-hydrogen) atoms.